The molecule has 0 aliphatic heterocycles. The number of aliphatic carboxylic acids is 1. The second kappa shape index (κ2) is 6.00. The molecule has 2 aromatic rings. The summed E-state index contributed by atoms with van der Waals surface area (Å²) in [4.78, 5) is 27.7. The van der Waals surface area contributed by atoms with Gasteiger partial charge in [0.15, 0.2) is 5.92 Å². The Morgan fingerprint density at radius 3 is 2.85 bits per heavy atom. The number of ether oxygens (including phenoxy) is 1. The SMILES string of the molecule is CCC(C)OC(=O)C(C(=O)O)c1ccnc2ccsc12. The molecule has 6 heteroatoms. The van der Waals surface area contributed by atoms with Gasteiger partial charge in [-0.2, -0.15) is 0 Å². The van der Waals surface area contributed by atoms with Gasteiger partial charge in [-0.3, -0.25) is 14.6 Å². The molecule has 0 aliphatic rings. The molecule has 0 aromatic carbocycles. The fraction of sp³-hybridized carbons (Fsp3) is 0.357. The van der Waals surface area contributed by atoms with Gasteiger partial charge in [-0.1, -0.05) is 6.92 Å². The van der Waals surface area contributed by atoms with Crippen LogP contribution in [-0.4, -0.2) is 28.1 Å². The summed E-state index contributed by atoms with van der Waals surface area (Å²) in [6, 6.07) is 3.36. The maximum absolute atomic E-state index is 12.1. The van der Waals surface area contributed by atoms with Crippen molar-refractivity contribution >= 4 is 33.5 Å². The Kier molecular flexibility index (Phi) is 4.34. The summed E-state index contributed by atoms with van der Waals surface area (Å²) in [5.41, 5.74) is 1.13. The van der Waals surface area contributed by atoms with E-state index in [1.54, 1.807) is 19.1 Å². The van der Waals surface area contributed by atoms with Crippen molar-refractivity contribution in [1.82, 2.24) is 4.98 Å². The Morgan fingerprint density at radius 2 is 2.20 bits per heavy atom. The number of hydrogen-bond donors (Lipinski definition) is 1. The van der Waals surface area contributed by atoms with Crippen LogP contribution >= 0.6 is 11.3 Å². The molecule has 106 valence electrons. The predicted molar refractivity (Wildman–Crippen MR) is 75.8 cm³/mol. The Labute approximate surface area is 120 Å². The van der Waals surface area contributed by atoms with E-state index in [1.165, 1.54) is 17.5 Å². The number of carbonyl (C=O) groups is 2. The summed E-state index contributed by atoms with van der Waals surface area (Å²) in [6.07, 6.45) is 1.85. The van der Waals surface area contributed by atoms with E-state index in [1.807, 2.05) is 12.3 Å². The van der Waals surface area contributed by atoms with Crippen molar-refractivity contribution < 1.29 is 19.4 Å². The molecule has 2 atom stereocenters. The number of hydrogen-bond acceptors (Lipinski definition) is 5. The maximum atomic E-state index is 12.1. The smallest absolute Gasteiger partial charge is 0.325 e. The van der Waals surface area contributed by atoms with Crippen LogP contribution < -0.4 is 0 Å². The second-order valence-corrected chi connectivity index (χ2v) is 5.38. The number of carboxylic acid groups (broad SMARTS) is 1. The molecule has 5 nitrogen and oxygen atoms in total. The van der Waals surface area contributed by atoms with Gasteiger partial charge in [-0.05, 0) is 36.4 Å². The van der Waals surface area contributed by atoms with Crippen molar-refractivity contribution in [2.24, 2.45) is 0 Å². The minimum atomic E-state index is -1.31. The highest BCUT2D eigenvalue weighted by Gasteiger charge is 2.32. The summed E-state index contributed by atoms with van der Waals surface area (Å²) in [5.74, 6) is -3.25. The van der Waals surface area contributed by atoms with Crippen molar-refractivity contribution in [3.8, 4) is 0 Å². The number of carboxylic acids is 1. The first kappa shape index (κ1) is 14.5. The van der Waals surface area contributed by atoms with Crippen LogP contribution in [0.4, 0.5) is 0 Å². The first-order valence-electron chi connectivity index (χ1n) is 6.30. The number of fused-ring (bicyclic) bond motifs is 1. The fourth-order valence-electron chi connectivity index (χ4n) is 1.83. The van der Waals surface area contributed by atoms with Crippen LogP contribution in [0.5, 0.6) is 0 Å². The van der Waals surface area contributed by atoms with Crippen LogP contribution in [0.1, 0.15) is 31.7 Å². The molecule has 0 aliphatic carbocycles. The molecule has 0 spiro atoms. The van der Waals surface area contributed by atoms with Gasteiger partial charge < -0.3 is 9.84 Å². The molecular formula is C14H15NO4S. The van der Waals surface area contributed by atoms with E-state index in [4.69, 9.17) is 4.74 Å². The molecule has 2 heterocycles. The molecule has 20 heavy (non-hydrogen) atoms. The molecule has 2 rings (SSSR count). The lowest BCUT2D eigenvalue weighted by atomic mass is 10.00. The third kappa shape index (κ3) is 2.80. The van der Waals surface area contributed by atoms with Crippen LogP contribution in [0.3, 0.4) is 0 Å². The number of carbonyl (C=O) groups excluding carboxylic acids is 1. The van der Waals surface area contributed by atoms with Crippen molar-refractivity contribution in [2.45, 2.75) is 32.3 Å². The van der Waals surface area contributed by atoms with Crippen LogP contribution in [0.25, 0.3) is 10.2 Å². The molecule has 0 amide bonds. The third-order valence-electron chi connectivity index (χ3n) is 3.06. The summed E-state index contributed by atoms with van der Waals surface area (Å²) in [5, 5.41) is 11.2. The number of pyridine rings is 1. The van der Waals surface area contributed by atoms with Crippen molar-refractivity contribution in [3.05, 3.63) is 29.3 Å². The van der Waals surface area contributed by atoms with Crippen molar-refractivity contribution in [1.29, 1.82) is 0 Å². The Morgan fingerprint density at radius 1 is 1.45 bits per heavy atom. The van der Waals surface area contributed by atoms with E-state index in [-0.39, 0.29) is 6.10 Å². The summed E-state index contributed by atoms with van der Waals surface area (Å²) >= 11 is 1.37. The standard InChI is InChI=1S/C14H15NO4S/c1-3-8(2)19-14(18)11(13(16)17)9-4-6-15-10-5-7-20-12(9)10/h4-8,11H,3H2,1-2H3,(H,16,17). The Hall–Kier alpha value is -1.95. The average Bonchev–Trinajstić information content (AvgIpc) is 2.87. The van der Waals surface area contributed by atoms with Gasteiger partial charge in [0.25, 0.3) is 0 Å². The molecule has 0 radical (unpaired) electrons. The van der Waals surface area contributed by atoms with Crippen LogP contribution in [0.2, 0.25) is 0 Å². The molecule has 0 fully saturated rings. The van der Waals surface area contributed by atoms with E-state index >= 15 is 0 Å². The number of nitrogens with zero attached hydrogens (tertiary/aromatic N) is 1. The third-order valence-corrected chi connectivity index (χ3v) is 4.01. The van der Waals surface area contributed by atoms with Gasteiger partial charge in [0, 0.05) is 6.20 Å². The van der Waals surface area contributed by atoms with Gasteiger partial charge in [0.2, 0.25) is 0 Å². The van der Waals surface area contributed by atoms with E-state index in [2.05, 4.69) is 4.98 Å². The van der Waals surface area contributed by atoms with Gasteiger partial charge in [0.05, 0.1) is 16.3 Å². The van der Waals surface area contributed by atoms with Gasteiger partial charge in [-0.25, -0.2) is 0 Å². The normalized spacial score (nSPS) is 13.9. The molecule has 0 bridgehead atoms. The van der Waals surface area contributed by atoms with Gasteiger partial charge in [0.1, 0.15) is 0 Å². The summed E-state index contributed by atoms with van der Waals surface area (Å²) in [6.45, 7) is 3.61. The molecule has 2 aromatic heterocycles. The summed E-state index contributed by atoms with van der Waals surface area (Å²) < 4.78 is 5.88. The highest BCUT2D eigenvalue weighted by Crippen LogP contribution is 2.30. The predicted octanol–water partition coefficient (Wildman–Crippen LogP) is 2.81. The topological polar surface area (TPSA) is 76.5 Å². The number of rotatable bonds is 5. The first-order valence-corrected chi connectivity index (χ1v) is 7.18. The zero-order valence-electron chi connectivity index (χ0n) is 11.2. The quantitative estimate of drug-likeness (QED) is 0.677. The van der Waals surface area contributed by atoms with E-state index < -0.39 is 17.9 Å². The van der Waals surface area contributed by atoms with Gasteiger partial charge in [-0.15, -0.1) is 11.3 Å². The number of esters is 1. The van der Waals surface area contributed by atoms with Crippen LogP contribution in [0.15, 0.2) is 23.7 Å². The first-order chi connectivity index (χ1) is 9.54. The summed E-state index contributed by atoms with van der Waals surface area (Å²) in [7, 11) is 0. The van der Waals surface area contributed by atoms with Crippen molar-refractivity contribution in [2.75, 3.05) is 0 Å². The molecule has 1 N–H and O–H groups in total. The lowest BCUT2D eigenvalue weighted by Crippen LogP contribution is -2.26. The fourth-order valence-corrected chi connectivity index (χ4v) is 2.73. The lowest BCUT2D eigenvalue weighted by Gasteiger charge is -2.16. The Balaban J connectivity index is 2.41. The van der Waals surface area contributed by atoms with Gasteiger partial charge >= 0.3 is 11.9 Å². The molecular weight excluding hydrogens is 278 g/mol. The number of thiophene rings is 1. The van der Waals surface area contributed by atoms with Crippen LogP contribution in [0, 0.1) is 0 Å². The highest BCUT2D eigenvalue weighted by molar-refractivity contribution is 7.17. The molecule has 0 saturated carbocycles. The zero-order valence-corrected chi connectivity index (χ0v) is 12.0. The molecule has 2 unspecified atom stereocenters. The largest absolute Gasteiger partial charge is 0.480 e. The monoisotopic (exact) mass is 293 g/mol. The highest BCUT2D eigenvalue weighted by atomic mass is 32.1. The van der Waals surface area contributed by atoms with E-state index in [9.17, 15) is 14.7 Å². The maximum Gasteiger partial charge on any atom is 0.325 e. The Bertz CT molecular complexity index is 637. The van der Waals surface area contributed by atoms with Crippen molar-refractivity contribution in [3.63, 3.8) is 0 Å². The van der Waals surface area contributed by atoms with Crippen LogP contribution in [-0.2, 0) is 14.3 Å². The minimum Gasteiger partial charge on any atom is -0.480 e. The second-order valence-electron chi connectivity index (χ2n) is 4.46. The molecule has 0 saturated heterocycles. The van der Waals surface area contributed by atoms with E-state index in [0.29, 0.717) is 22.2 Å². The number of aromatic nitrogens is 1. The lowest BCUT2D eigenvalue weighted by molar-refractivity contribution is -0.157. The average molecular weight is 293 g/mol. The van der Waals surface area contributed by atoms with E-state index in [0.717, 1.165) is 0 Å². The minimum absolute atomic E-state index is 0.301. The zero-order chi connectivity index (χ0) is 14.7.